The molecule has 0 aliphatic carbocycles. The van der Waals surface area contributed by atoms with E-state index in [4.69, 9.17) is 5.53 Å². The summed E-state index contributed by atoms with van der Waals surface area (Å²) in [5.74, 6) is -1.26. The smallest absolute Gasteiger partial charge is 0.390 e. The molecule has 0 aliphatic rings. The van der Waals surface area contributed by atoms with Crippen LogP contribution in [-0.4, -0.2) is 19.3 Å². The number of alkyl halides is 3. The maximum Gasteiger partial charge on any atom is 0.390 e. The Morgan fingerprint density at radius 1 is 1.37 bits per heavy atom. The highest BCUT2D eigenvalue weighted by Crippen LogP contribution is 2.39. The zero-order valence-electron chi connectivity index (χ0n) is 9.89. The number of hydrogen-bond acceptors (Lipinski definition) is 3. The van der Waals surface area contributed by atoms with Crippen molar-refractivity contribution in [3.63, 3.8) is 0 Å². The molecule has 0 fully saturated rings. The van der Waals surface area contributed by atoms with E-state index in [0.717, 1.165) is 7.11 Å². The number of methoxy groups -OCH3 is 1. The van der Waals surface area contributed by atoms with Gasteiger partial charge in [-0.1, -0.05) is 35.4 Å². The average molecular weight is 273 g/mol. The Bertz CT molecular complexity index is 498. The third kappa shape index (κ3) is 3.38. The number of carbonyl (C=O) groups excluding carboxylic acids is 1. The van der Waals surface area contributed by atoms with Crippen LogP contribution in [0.15, 0.2) is 35.4 Å². The lowest BCUT2D eigenvalue weighted by atomic mass is 9.87. The first-order valence-electron chi connectivity index (χ1n) is 5.12. The Labute approximate surface area is 106 Å². The molecule has 0 bridgehead atoms. The second-order valence-corrected chi connectivity index (χ2v) is 3.70. The Hall–Kier alpha value is -2.21. The molecule has 1 atom stereocenters. The molecule has 0 spiro atoms. The van der Waals surface area contributed by atoms with E-state index in [1.165, 1.54) is 24.3 Å². The molecule has 102 valence electrons. The van der Waals surface area contributed by atoms with E-state index in [1.807, 2.05) is 0 Å². The van der Waals surface area contributed by atoms with E-state index in [1.54, 1.807) is 6.07 Å². The standard InChI is InChI=1S/C11H10F3N3O2/c1-19-9(18)10(16-17-15,7-11(12,13)14)8-5-3-2-4-6-8/h2-6H,7H2,1H3. The highest BCUT2D eigenvalue weighted by atomic mass is 19.4. The van der Waals surface area contributed by atoms with Crippen molar-refractivity contribution in [2.45, 2.75) is 18.1 Å². The molecule has 1 aromatic rings. The van der Waals surface area contributed by atoms with E-state index < -0.39 is 24.1 Å². The first-order chi connectivity index (χ1) is 8.85. The third-order valence-electron chi connectivity index (χ3n) is 2.45. The van der Waals surface area contributed by atoms with Gasteiger partial charge < -0.3 is 4.74 Å². The average Bonchev–Trinajstić information content (AvgIpc) is 2.36. The molecule has 8 heteroatoms. The Morgan fingerprint density at radius 3 is 2.37 bits per heavy atom. The van der Waals surface area contributed by atoms with Crippen LogP contribution < -0.4 is 0 Å². The minimum absolute atomic E-state index is 0.0722. The predicted molar refractivity (Wildman–Crippen MR) is 60.0 cm³/mol. The summed E-state index contributed by atoms with van der Waals surface area (Å²) in [5, 5.41) is 3.07. The fourth-order valence-corrected chi connectivity index (χ4v) is 1.68. The van der Waals surface area contributed by atoms with Crippen molar-refractivity contribution >= 4 is 5.97 Å². The lowest BCUT2D eigenvalue weighted by molar-refractivity contribution is -0.170. The lowest BCUT2D eigenvalue weighted by Crippen LogP contribution is -2.39. The molecular formula is C11H10F3N3O2. The van der Waals surface area contributed by atoms with Gasteiger partial charge in [0.05, 0.1) is 13.5 Å². The van der Waals surface area contributed by atoms with E-state index >= 15 is 0 Å². The van der Waals surface area contributed by atoms with Gasteiger partial charge in [0, 0.05) is 4.91 Å². The second-order valence-electron chi connectivity index (χ2n) is 3.70. The van der Waals surface area contributed by atoms with Gasteiger partial charge in [0.1, 0.15) is 0 Å². The number of ether oxygens (including phenoxy) is 1. The molecule has 0 saturated carbocycles. The number of benzene rings is 1. The molecule has 0 heterocycles. The number of rotatable bonds is 4. The van der Waals surface area contributed by atoms with E-state index in [2.05, 4.69) is 14.8 Å². The second kappa shape index (κ2) is 5.62. The van der Waals surface area contributed by atoms with Crippen LogP contribution in [-0.2, 0) is 15.1 Å². The number of azide groups is 1. The molecule has 0 amide bonds. The van der Waals surface area contributed by atoms with Gasteiger partial charge in [0.15, 0.2) is 5.54 Å². The van der Waals surface area contributed by atoms with Crippen LogP contribution in [0.4, 0.5) is 13.2 Å². The van der Waals surface area contributed by atoms with E-state index in [9.17, 15) is 18.0 Å². The van der Waals surface area contributed by atoms with Gasteiger partial charge in [-0.2, -0.15) is 13.2 Å². The van der Waals surface area contributed by atoms with Gasteiger partial charge in [0.25, 0.3) is 0 Å². The molecule has 1 unspecified atom stereocenters. The van der Waals surface area contributed by atoms with Crippen LogP contribution in [0.25, 0.3) is 10.4 Å². The summed E-state index contributed by atoms with van der Waals surface area (Å²) in [6.07, 6.45) is -6.32. The zero-order chi connectivity index (χ0) is 14.5. The SMILES string of the molecule is COC(=O)C(CC(F)(F)F)(N=[N+]=[N-])c1ccccc1. The minimum atomic E-state index is -4.70. The lowest BCUT2D eigenvalue weighted by Gasteiger charge is -2.27. The Morgan fingerprint density at radius 2 is 1.95 bits per heavy atom. The number of hydrogen-bond donors (Lipinski definition) is 0. The predicted octanol–water partition coefficient (Wildman–Crippen LogP) is 3.32. The van der Waals surface area contributed by atoms with E-state index in [-0.39, 0.29) is 5.56 Å². The van der Waals surface area contributed by atoms with Crippen molar-refractivity contribution in [2.75, 3.05) is 7.11 Å². The zero-order valence-corrected chi connectivity index (χ0v) is 9.89. The normalized spacial score (nSPS) is 14.1. The highest BCUT2D eigenvalue weighted by molar-refractivity contribution is 5.83. The van der Waals surface area contributed by atoms with Crippen LogP contribution in [0.1, 0.15) is 12.0 Å². The van der Waals surface area contributed by atoms with E-state index in [0.29, 0.717) is 0 Å². The highest BCUT2D eigenvalue weighted by Gasteiger charge is 2.49. The van der Waals surface area contributed by atoms with Gasteiger partial charge in [-0.05, 0) is 11.1 Å². The summed E-state index contributed by atoms with van der Waals surface area (Å²) in [7, 11) is 0.934. The topological polar surface area (TPSA) is 75.1 Å². The molecule has 1 rings (SSSR count). The molecule has 0 aliphatic heterocycles. The van der Waals surface area contributed by atoms with Crippen molar-refractivity contribution < 1.29 is 22.7 Å². The van der Waals surface area contributed by atoms with Crippen LogP contribution in [0.2, 0.25) is 0 Å². The summed E-state index contributed by atoms with van der Waals surface area (Å²) in [4.78, 5) is 14.1. The molecule has 0 saturated heterocycles. The summed E-state index contributed by atoms with van der Waals surface area (Å²) in [6, 6.07) is 7.00. The van der Waals surface area contributed by atoms with Crippen molar-refractivity contribution in [2.24, 2.45) is 5.11 Å². The Balaban J connectivity index is 3.44. The Kier molecular flexibility index (Phi) is 4.39. The number of halogens is 3. The molecule has 0 aromatic heterocycles. The van der Waals surface area contributed by atoms with Crippen molar-refractivity contribution in [1.29, 1.82) is 0 Å². The maximum atomic E-state index is 12.7. The van der Waals surface area contributed by atoms with Crippen LogP contribution in [0.3, 0.4) is 0 Å². The summed E-state index contributed by atoms with van der Waals surface area (Å²) >= 11 is 0. The van der Waals surface area contributed by atoms with Crippen molar-refractivity contribution in [1.82, 2.24) is 0 Å². The summed E-state index contributed by atoms with van der Waals surface area (Å²) in [5.41, 5.74) is 5.97. The van der Waals surface area contributed by atoms with Gasteiger partial charge in [-0.15, -0.1) is 0 Å². The number of nitrogens with zero attached hydrogens (tertiary/aromatic N) is 3. The van der Waals surface area contributed by atoms with Gasteiger partial charge in [0.2, 0.25) is 0 Å². The largest absolute Gasteiger partial charge is 0.468 e. The number of carbonyl (C=O) groups is 1. The summed E-state index contributed by atoms with van der Waals surface area (Å²) in [6.45, 7) is 0. The molecule has 5 nitrogen and oxygen atoms in total. The molecular weight excluding hydrogens is 263 g/mol. The third-order valence-corrected chi connectivity index (χ3v) is 2.45. The monoisotopic (exact) mass is 273 g/mol. The van der Waals surface area contributed by atoms with Gasteiger partial charge in [-0.25, -0.2) is 0 Å². The first kappa shape index (κ1) is 14.8. The summed E-state index contributed by atoms with van der Waals surface area (Å²) < 4.78 is 42.4. The maximum absolute atomic E-state index is 12.7. The fraction of sp³-hybridized carbons (Fsp3) is 0.364. The van der Waals surface area contributed by atoms with Crippen molar-refractivity contribution in [3.05, 3.63) is 46.3 Å². The van der Waals surface area contributed by atoms with Crippen molar-refractivity contribution in [3.8, 4) is 0 Å². The molecule has 1 aromatic carbocycles. The minimum Gasteiger partial charge on any atom is -0.468 e. The molecule has 0 radical (unpaired) electrons. The van der Waals surface area contributed by atoms with Crippen LogP contribution in [0.5, 0.6) is 0 Å². The van der Waals surface area contributed by atoms with Crippen LogP contribution >= 0.6 is 0 Å². The number of esters is 1. The quantitative estimate of drug-likeness (QED) is 0.365. The van der Waals surface area contributed by atoms with Gasteiger partial charge in [-0.3, -0.25) is 4.79 Å². The fourth-order valence-electron chi connectivity index (χ4n) is 1.68. The first-order valence-corrected chi connectivity index (χ1v) is 5.12. The van der Waals surface area contributed by atoms with Crippen LogP contribution in [0, 0.1) is 0 Å². The van der Waals surface area contributed by atoms with Gasteiger partial charge >= 0.3 is 12.1 Å². The molecule has 19 heavy (non-hydrogen) atoms. The molecule has 0 N–H and O–H groups in total.